The van der Waals surface area contributed by atoms with Crippen molar-refractivity contribution in [1.29, 1.82) is 0 Å². The van der Waals surface area contributed by atoms with Crippen LogP contribution in [0.4, 0.5) is 0 Å². The van der Waals surface area contributed by atoms with Gasteiger partial charge in [0, 0.05) is 5.56 Å². The predicted molar refractivity (Wildman–Crippen MR) is 63.0 cm³/mol. The van der Waals surface area contributed by atoms with E-state index in [9.17, 15) is 5.11 Å². The summed E-state index contributed by atoms with van der Waals surface area (Å²) in [6, 6.07) is 5.12. The van der Waals surface area contributed by atoms with Gasteiger partial charge in [0.05, 0.1) is 12.1 Å². The Labute approximate surface area is 101 Å². The number of para-hydroxylation sites is 1. The van der Waals surface area contributed by atoms with Crippen molar-refractivity contribution in [1.82, 2.24) is 0 Å². The lowest BCUT2D eigenvalue weighted by atomic mass is 9.99. The average Bonchev–Trinajstić information content (AvgIpc) is 2.74. The summed E-state index contributed by atoms with van der Waals surface area (Å²) in [7, 11) is 0. The van der Waals surface area contributed by atoms with E-state index in [1.807, 2.05) is 25.1 Å². The predicted octanol–water partition coefficient (Wildman–Crippen LogP) is 1.61. The summed E-state index contributed by atoms with van der Waals surface area (Å²) >= 11 is 0. The van der Waals surface area contributed by atoms with E-state index in [-0.39, 0.29) is 19.2 Å². The van der Waals surface area contributed by atoms with E-state index in [2.05, 4.69) is 0 Å². The Morgan fingerprint density at radius 1 is 1.44 bits per heavy atom. The highest BCUT2D eigenvalue weighted by Crippen LogP contribution is 2.38. The highest BCUT2D eigenvalue weighted by molar-refractivity contribution is 5.85. The average molecular weight is 246 g/mol. The largest absolute Gasteiger partial charge is 0.454 e. The van der Waals surface area contributed by atoms with Gasteiger partial charge in [0.15, 0.2) is 11.5 Å². The van der Waals surface area contributed by atoms with Crippen LogP contribution in [0.2, 0.25) is 0 Å². The maximum atomic E-state index is 9.69. The summed E-state index contributed by atoms with van der Waals surface area (Å²) < 4.78 is 10.6. The maximum absolute atomic E-state index is 9.69. The Kier molecular flexibility index (Phi) is 4.41. The second kappa shape index (κ2) is 5.39. The summed E-state index contributed by atoms with van der Waals surface area (Å²) in [5, 5.41) is 9.69. The zero-order valence-corrected chi connectivity index (χ0v) is 9.87. The van der Waals surface area contributed by atoms with Gasteiger partial charge in [-0.25, -0.2) is 0 Å². The molecule has 4 nitrogen and oxygen atoms in total. The number of halogens is 1. The molecule has 1 heterocycles. The van der Waals surface area contributed by atoms with Crippen LogP contribution in [-0.2, 0) is 0 Å². The molecular formula is C11H16ClNO3. The van der Waals surface area contributed by atoms with Gasteiger partial charge in [0.2, 0.25) is 6.79 Å². The molecule has 16 heavy (non-hydrogen) atoms. The third-order valence-corrected chi connectivity index (χ3v) is 2.62. The summed E-state index contributed by atoms with van der Waals surface area (Å²) in [4.78, 5) is 0. The Hall–Kier alpha value is -0.970. The Morgan fingerprint density at radius 2 is 2.19 bits per heavy atom. The van der Waals surface area contributed by atoms with E-state index in [4.69, 9.17) is 15.2 Å². The van der Waals surface area contributed by atoms with Crippen LogP contribution >= 0.6 is 12.4 Å². The first kappa shape index (κ1) is 13.1. The van der Waals surface area contributed by atoms with Crippen LogP contribution in [0.1, 0.15) is 24.9 Å². The molecule has 3 N–H and O–H groups in total. The first-order valence-electron chi connectivity index (χ1n) is 5.06. The SMILES string of the molecule is CC[C@@H](O)[C@@H](N)c1cccc2c1OCO2.Cl. The lowest BCUT2D eigenvalue weighted by Crippen LogP contribution is -2.25. The van der Waals surface area contributed by atoms with Crippen LogP contribution in [-0.4, -0.2) is 18.0 Å². The molecule has 2 rings (SSSR count). The third kappa shape index (κ3) is 2.24. The quantitative estimate of drug-likeness (QED) is 0.849. The molecule has 5 heteroatoms. The molecule has 0 aliphatic carbocycles. The number of benzene rings is 1. The van der Waals surface area contributed by atoms with Crippen LogP contribution in [0.5, 0.6) is 11.5 Å². The van der Waals surface area contributed by atoms with Crippen molar-refractivity contribution in [2.75, 3.05) is 6.79 Å². The van der Waals surface area contributed by atoms with Gasteiger partial charge < -0.3 is 20.3 Å². The molecule has 0 fully saturated rings. The molecule has 1 aliphatic heterocycles. The molecule has 1 aliphatic rings. The van der Waals surface area contributed by atoms with Crippen molar-refractivity contribution in [2.24, 2.45) is 5.73 Å². The van der Waals surface area contributed by atoms with E-state index in [0.29, 0.717) is 17.9 Å². The van der Waals surface area contributed by atoms with Crippen LogP contribution in [0.25, 0.3) is 0 Å². The fourth-order valence-corrected chi connectivity index (χ4v) is 1.68. The minimum absolute atomic E-state index is 0. The molecule has 1 aromatic rings. The monoisotopic (exact) mass is 245 g/mol. The van der Waals surface area contributed by atoms with Gasteiger partial charge >= 0.3 is 0 Å². The van der Waals surface area contributed by atoms with Crippen molar-refractivity contribution in [3.8, 4) is 11.5 Å². The minimum atomic E-state index is -0.555. The number of fused-ring (bicyclic) bond motifs is 1. The number of aliphatic hydroxyl groups is 1. The van der Waals surface area contributed by atoms with E-state index in [0.717, 1.165) is 5.56 Å². The van der Waals surface area contributed by atoms with Crippen molar-refractivity contribution < 1.29 is 14.6 Å². The lowest BCUT2D eigenvalue weighted by molar-refractivity contribution is 0.137. The smallest absolute Gasteiger partial charge is 0.231 e. The summed E-state index contributed by atoms with van der Waals surface area (Å²) in [6.07, 6.45) is 0.0618. The Bertz CT molecular complexity index is 359. The highest BCUT2D eigenvalue weighted by Gasteiger charge is 2.24. The Balaban J connectivity index is 0.00000128. The summed E-state index contributed by atoms with van der Waals surface area (Å²) in [6.45, 7) is 2.12. The van der Waals surface area contributed by atoms with Gasteiger partial charge in [-0.2, -0.15) is 0 Å². The molecule has 0 spiro atoms. The molecule has 0 aromatic heterocycles. The van der Waals surface area contributed by atoms with Crippen LogP contribution < -0.4 is 15.2 Å². The zero-order valence-electron chi connectivity index (χ0n) is 9.05. The first-order valence-corrected chi connectivity index (χ1v) is 5.06. The minimum Gasteiger partial charge on any atom is -0.454 e. The molecule has 90 valence electrons. The number of aliphatic hydroxyl groups excluding tert-OH is 1. The number of ether oxygens (including phenoxy) is 2. The maximum Gasteiger partial charge on any atom is 0.231 e. The number of nitrogens with two attached hydrogens (primary N) is 1. The first-order chi connectivity index (χ1) is 7.24. The molecule has 0 radical (unpaired) electrons. The fraction of sp³-hybridized carbons (Fsp3) is 0.455. The molecule has 0 unspecified atom stereocenters. The van der Waals surface area contributed by atoms with Crippen molar-refractivity contribution in [3.05, 3.63) is 23.8 Å². The van der Waals surface area contributed by atoms with E-state index in [1.54, 1.807) is 0 Å². The van der Waals surface area contributed by atoms with E-state index >= 15 is 0 Å². The fourth-order valence-electron chi connectivity index (χ4n) is 1.68. The highest BCUT2D eigenvalue weighted by atomic mass is 35.5. The number of hydrogen-bond acceptors (Lipinski definition) is 4. The second-order valence-corrected chi connectivity index (χ2v) is 3.58. The van der Waals surface area contributed by atoms with Crippen molar-refractivity contribution in [3.63, 3.8) is 0 Å². The standard InChI is InChI=1S/C11H15NO3.ClH/c1-2-8(13)10(12)7-4-3-5-9-11(7)15-6-14-9;/h3-5,8,10,13H,2,6,12H2,1H3;1H/t8-,10+;/m1./s1. The number of rotatable bonds is 3. The molecular weight excluding hydrogens is 230 g/mol. The topological polar surface area (TPSA) is 64.7 Å². The molecule has 1 aromatic carbocycles. The molecule has 0 saturated heterocycles. The van der Waals surface area contributed by atoms with Gasteiger partial charge in [0.1, 0.15) is 0 Å². The zero-order chi connectivity index (χ0) is 10.8. The van der Waals surface area contributed by atoms with E-state index < -0.39 is 12.1 Å². The van der Waals surface area contributed by atoms with Gasteiger partial charge in [-0.3, -0.25) is 0 Å². The second-order valence-electron chi connectivity index (χ2n) is 3.58. The lowest BCUT2D eigenvalue weighted by Gasteiger charge is -2.18. The van der Waals surface area contributed by atoms with Gasteiger partial charge in [0.25, 0.3) is 0 Å². The summed E-state index contributed by atoms with van der Waals surface area (Å²) in [5.41, 5.74) is 6.74. The molecule has 0 saturated carbocycles. The van der Waals surface area contributed by atoms with Gasteiger partial charge in [-0.05, 0) is 12.5 Å². The molecule has 0 amide bonds. The van der Waals surface area contributed by atoms with Gasteiger partial charge in [-0.1, -0.05) is 19.1 Å². The summed E-state index contributed by atoms with van der Waals surface area (Å²) in [5.74, 6) is 1.36. The van der Waals surface area contributed by atoms with Crippen molar-refractivity contribution >= 4 is 12.4 Å². The van der Waals surface area contributed by atoms with Crippen LogP contribution in [0, 0.1) is 0 Å². The third-order valence-electron chi connectivity index (χ3n) is 2.62. The molecule has 2 atom stereocenters. The number of hydrogen-bond donors (Lipinski definition) is 2. The van der Waals surface area contributed by atoms with Crippen LogP contribution in [0.3, 0.4) is 0 Å². The normalized spacial score (nSPS) is 16.4. The Morgan fingerprint density at radius 3 is 2.88 bits per heavy atom. The van der Waals surface area contributed by atoms with Crippen LogP contribution in [0.15, 0.2) is 18.2 Å². The molecule has 0 bridgehead atoms. The van der Waals surface area contributed by atoms with E-state index in [1.165, 1.54) is 0 Å². The van der Waals surface area contributed by atoms with Crippen molar-refractivity contribution in [2.45, 2.75) is 25.5 Å². The van der Waals surface area contributed by atoms with Gasteiger partial charge in [-0.15, -0.1) is 12.4 Å².